The van der Waals surface area contributed by atoms with Crippen molar-refractivity contribution in [2.45, 2.75) is 44.8 Å². The standard InChI is InChI=1S/C16H28N2O4/c1-2-20-10-8-17-7-5-13-11-14(22-15(13)12-17)16(19)18-6-3-4-9-21-18/h13-15H,2-12H2,1H3/t13-,14+,15-/m1/s1. The fraction of sp³-hybridized carbons (Fsp3) is 0.938. The summed E-state index contributed by atoms with van der Waals surface area (Å²) in [4.78, 5) is 20.3. The minimum Gasteiger partial charge on any atom is -0.380 e. The minimum atomic E-state index is -0.306. The normalized spacial score (nSPS) is 33.0. The van der Waals surface area contributed by atoms with Crippen molar-refractivity contribution in [2.24, 2.45) is 5.92 Å². The smallest absolute Gasteiger partial charge is 0.275 e. The molecule has 0 aromatic rings. The van der Waals surface area contributed by atoms with Gasteiger partial charge in [-0.15, -0.1) is 0 Å². The zero-order valence-electron chi connectivity index (χ0n) is 13.5. The van der Waals surface area contributed by atoms with E-state index in [0.29, 0.717) is 19.1 Å². The molecule has 0 spiro atoms. The average Bonchev–Trinajstić information content (AvgIpc) is 2.98. The van der Waals surface area contributed by atoms with Gasteiger partial charge in [0.15, 0.2) is 0 Å². The Kier molecular flexibility index (Phi) is 5.68. The maximum atomic E-state index is 12.5. The number of nitrogens with zero attached hydrogens (tertiary/aromatic N) is 2. The molecule has 6 heteroatoms. The molecule has 3 rings (SSSR count). The van der Waals surface area contributed by atoms with Crippen molar-refractivity contribution in [1.82, 2.24) is 9.96 Å². The SMILES string of the molecule is CCOCCN1CC[C@@H]2C[C@@H](C(=O)N3CCCCO3)O[C@@H]2C1. The van der Waals surface area contributed by atoms with Crippen LogP contribution in [0.2, 0.25) is 0 Å². The van der Waals surface area contributed by atoms with Crippen LogP contribution in [-0.4, -0.2) is 74.1 Å². The molecular weight excluding hydrogens is 284 g/mol. The van der Waals surface area contributed by atoms with Crippen LogP contribution in [0.3, 0.4) is 0 Å². The lowest BCUT2D eigenvalue weighted by Gasteiger charge is -2.33. The molecule has 3 aliphatic rings. The predicted molar refractivity (Wildman–Crippen MR) is 81.2 cm³/mol. The number of piperidine rings is 1. The number of hydroxylamine groups is 2. The van der Waals surface area contributed by atoms with Gasteiger partial charge in [-0.25, -0.2) is 5.06 Å². The molecule has 0 aliphatic carbocycles. The quantitative estimate of drug-likeness (QED) is 0.711. The van der Waals surface area contributed by atoms with E-state index in [9.17, 15) is 4.79 Å². The molecule has 3 saturated heterocycles. The molecule has 6 nitrogen and oxygen atoms in total. The van der Waals surface area contributed by atoms with Crippen LogP contribution in [0.15, 0.2) is 0 Å². The fourth-order valence-electron chi connectivity index (χ4n) is 3.63. The molecule has 3 heterocycles. The highest BCUT2D eigenvalue weighted by molar-refractivity contribution is 5.80. The molecule has 1 amide bonds. The summed E-state index contributed by atoms with van der Waals surface area (Å²) < 4.78 is 11.5. The van der Waals surface area contributed by atoms with Crippen molar-refractivity contribution in [3.05, 3.63) is 0 Å². The summed E-state index contributed by atoms with van der Waals surface area (Å²) in [6, 6.07) is 0. The van der Waals surface area contributed by atoms with E-state index in [4.69, 9.17) is 14.3 Å². The van der Waals surface area contributed by atoms with Crippen molar-refractivity contribution in [2.75, 3.05) is 46.0 Å². The van der Waals surface area contributed by atoms with Gasteiger partial charge >= 0.3 is 0 Å². The van der Waals surface area contributed by atoms with Crippen LogP contribution in [0.1, 0.15) is 32.6 Å². The van der Waals surface area contributed by atoms with E-state index in [0.717, 1.165) is 58.5 Å². The molecule has 0 aromatic heterocycles. The van der Waals surface area contributed by atoms with Crippen molar-refractivity contribution in [1.29, 1.82) is 0 Å². The van der Waals surface area contributed by atoms with E-state index in [1.807, 2.05) is 6.92 Å². The maximum absolute atomic E-state index is 12.5. The van der Waals surface area contributed by atoms with E-state index < -0.39 is 0 Å². The maximum Gasteiger partial charge on any atom is 0.275 e. The summed E-state index contributed by atoms with van der Waals surface area (Å²) in [6.45, 7) is 7.87. The number of hydrogen-bond acceptors (Lipinski definition) is 5. The molecule has 0 bridgehead atoms. The van der Waals surface area contributed by atoms with Gasteiger partial charge in [-0.3, -0.25) is 14.5 Å². The highest BCUT2D eigenvalue weighted by Gasteiger charge is 2.43. The zero-order valence-corrected chi connectivity index (χ0v) is 13.5. The Hall–Kier alpha value is -0.690. The first kappa shape index (κ1) is 16.2. The summed E-state index contributed by atoms with van der Waals surface area (Å²) in [7, 11) is 0. The third-order valence-electron chi connectivity index (χ3n) is 4.92. The third-order valence-corrected chi connectivity index (χ3v) is 4.92. The van der Waals surface area contributed by atoms with E-state index >= 15 is 0 Å². The van der Waals surface area contributed by atoms with Crippen LogP contribution in [0, 0.1) is 5.92 Å². The largest absolute Gasteiger partial charge is 0.380 e. The van der Waals surface area contributed by atoms with E-state index in [1.54, 1.807) is 0 Å². The van der Waals surface area contributed by atoms with Crippen molar-refractivity contribution in [3.8, 4) is 0 Å². The topological polar surface area (TPSA) is 51.2 Å². The van der Waals surface area contributed by atoms with Crippen LogP contribution in [0.4, 0.5) is 0 Å². The van der Waals surface area contributed by atoms with Gasteiger partial charge in [0.05, 0.1) is 19.3 Å². The highest BCUT2D eigenvalue weighted by atomic mass is 16.7. The number of likely N-dealkylation sites (tertiary alicyclic amines) is 1. The summed E-state index contributed by atoms with van der Waals surface area (Å²) in [5, 5.41) is 1.53. The third kappa shape index (κ3) is 3.79. The Morgan fingerprint density at radius 1 is 1.32 bits per heavy atom. The Bertz CT molecular complexity index is 373. The van der Waals surface area contributed by atoms with Gasteiger partial charge in [-0.05, 0) is 45.1 Å². The van der Waals surface area contributed by atoms with Crippen molar-refractivity contribution >= 4 is 5.91 Å². The number of ether oxygens (including phenoxy) is 2. The Labute approximate surface area is 132 Å². The number of carbonyl (C=O) groups excluding carboxylic acids is 1. The lowest BCUT2D eigenvalue weighted by atomic mass is 9.91. The van der Waals surface area contributed by atoms with Crippen molar-refractivity contribution in [3.63, 3.8) is 0 Å². The second-order valence-corrected chi connectivity index (χ2v) is 6.43. The van der Waals surface area contributed by atoms with Crippen LogP contribution in [0.25, 0.3) is 0 Å². The van der Waals surface area contributed by atoms with Crippen LogP contribution >= 0.6 is 0 Å². The molecule has 22 heavy (non-hydrogen) atoms. The first-order valence-corrected chi connectivity index (χ1v) is 8.67. The molecule has 3 fully saturated rings. The second kappa shape index (κ2) is 7.73. The molecular formula is C16H28N2O4. The first-order valence-electron chi connectivity index (χ1n) is 8.67. The molecule has 0 radical (unpaired) electrons. The second-order valence-electron chi connectivity index (χ2n) is 6.43. The molecule has 3 atom stereocenters. The van der Waals surface area contributed by atoms with Gasteiger partial charge in [0.1, 0.15) is 6.10 Å². The number of fused-ring (bicyclic) bond motifs is 1. The Morgan fingerprint density at radius 3 is 3.00 bits per heavy atom. The lowest BCUT2D eigenvalue weighted by molar-refractivity contribution is -0.206. The molecule has 0 unspecified atom stereocenters. The fourth-order valence-corrected chi connectivity index (χ4v) is 3.63. The predicted octanol–water partition coefficient (Wildman–Crippen LogP) is 1.06. The monoisotopic (exact) mass is 312 g/mol. The van der Waals surface area contributed by atoms with Crippen LogP contribution in [-0.2, 0) is 19.1 Å². The minimum absolute atomic E-state index is 0.0231. The Morgan fingerprint density at radius 2 is 2.23 bits per heavy atom. The lowest BCUT2D eigenvalue weighted by Crippen LogP contribution is -2.44. The van der Waals surface area contributed by atoms with Gasteiger partial charge in [0.25, 0.3) is 5.91 Å². The van der Waals surface area contributed by atoms with E-state index in [1.165, 1.54) is 5.06 Å². The zero-order chi connectivity index (χ0) is 15.4. The summed E-state index contributed by atoms with van der Waals surface area (Å²) >= 11 is 0. The molecule has 0 saturated carbocycles. The van der Waals surface area contributed by atoms with Crippen molar-refractivity contribution < 1.29 is 19.1 Å². The first-order chi connectivity index (χ1) is 10.8. The highest BCUT2D eigenvalue weighted by Crippen LogP contribution is 2.34. The average molecular weight is 312 g/mol. The number of amides is 1. The summed E-state index contributed by atoms with van der Waals surface area (Å²) in [6.07, 6.45) is 3.91. The van der Waals surface area contributed by atoms with Gasteiger partial charge in [0, 0.05) is 26.2 Å². The number of hydrogen-bond donors (Lipinski definition) is 0. The van der Waals surface area contributed by atoms with Crippen LogP contribution in [0.5, 0.6) is 0 Å². The van der Waals surface area contributed by atoms with Gasteiger partial charge < -0.3 is 9.47 Å². The number of rotatable bonds is 5. The Balaban J connectivity index is 1.47. The van der Waals surface area contributed by atoms with Gasteiger partial charge in [-0.1, -0.05) is 0 Å². The number of carbonyl (C=O) groups is 1. The van der Waals surface area contributed by atoms with Crippen LogP contribution < -0.4 is 0 Å². The molecule has 126 valence electrons. The van der Waals surface area contributed by atoms with Gasteiger partial charge in [0.2, 0.25) is 0 Å². The van der Waals surface area contributed by atoms with E-state index in [2.05, 4.69) is 4.90 Å². The molecule has 0 aromatic carbocycles. The summed E-state index contributed by atoms with van der Waals surface area (Å²) in [5.41, 5.74) is 0. The molecule has 0 N–H and O–H groups in total. The van der Waals surface area contributed by atoms with Gasteiger partial charge in [-0.2, -0.15) is 0 Å². The van der Waals surface area contributed by atoms with E-state index in [-0.39, 0.29) is 18.1 Å². The molecule has 3 aliphatic heterocycles. The summed E-state index contributed by atoms with van der Waals surface area (Å²) in [5.74, 6) is 0.539.